The molecule has 0 saturated carbocycles. The first kappa shape index (κ1) is 12.6. The number of nitrogens with one attached hydrogen (secondary N) is 1. The number of hydrogen-bond donors (Lipinski definition) is 2. The molecule has 6 heteroatoms. The topological polar surface area (TPSA) is 82.8 Å². The van der Waals surface area contributed by atoms with Crippen LogP contribution in [-0.4, -0.2) is 48.1 Å². The number of carbonyl (C=O) groups excluding carboxylic acids is 1. The Morgan fingerprint density at radius 1 is 1.39 bits per heavy atom. The molecule has 2 N–H and O–H groups in total. The van der Waals surface area contributed by atoms with E-state index < -0.39 is 5.97 Å². The summed E-state index contributed by atoms with van der Waals surface area (Å²) in [5.74, 6) is -1.44. The van der Waals surface area contributed by atoms with Crippen molar-refractivity contribution < 1.29 is 19.1 Å². The van der Waals surface area contributed by atoms with E-state index in [0.717, 1.165) is 25.9 Å². The van der Waals surface area contributed by atoms with E-state index in [1.807, 2.05) is 0 Å². The van der Waals surface area contributed by atoms with Gasteiger partial charge in [-0.15, -0.1) is 0 Å². The summed E-state index contributed by atoms with van der Waals surface area (Å²) < 4.78 is 4.90. The predicted octanol–water partition coefficient (Wildman–Crippen LogP) is 0.803. The van der Waals surface area contributed by atoms with E-state index in [4.69, 9.17) is 9.52 Å². The Morgan fingerprint density at radius 3 is 2.72 bits per heavy atom. The van der Waals surface area contributed by atoms with Crippen molar-refractivity contribution in [1.29, 1.82) is 0 Å². The standard InChI is InChI=1S/C12H16N2O4/c15-11(10-7-9(8-18-10)12(16)17)13-3-6-14-4-1-2-5-14/h7-8H,1-6H2,(H,13,15)(H,16,17). The van der Waals surface area contributed by atoms with Crippen LogP contribution >= 0.6 is 0 Å². The molecule has 6 nitrogen and oxygen atoms in total. The summed E-state index contributed by atoms with van der Waals surface area (Å²) >= 11 is 0. The first-order valence-corrected chi connectivity index (χ1v) is 5.99. The number of carboxylic acid groups (broad SMARTS) is 1. The van der Waals surface area contributed by atoms with Gasteiger partial charge in [0.2, 0.25) is 0 Å². The number of rotatable bonds is 5. The molecule has 1 aliphatic rings. The lowest BCUT2D eigenvalue weighted by Crippen LogP contribution is -2.33. The van der Waals surface area contributed by atoms with Gasteiger partial charge in [0.15, 0.2) is 5.76 Å². The number of amides is 1. The highest BCUT2D eigenvalue weighted by Gasteiger charge is 2.15. The summed E-state index contributed by atoms with van der Waals surface area (Å²) in [6.45, 7) is 3.53. The highest BCUT2D eigenvalue weighted by molar-refractivity contribution is 5.95. The molecule has 1 fully saturated rings. The van der Waals surface area contributed by atoms with Crippen LogP contribution in [0.15, 0.2) is 16.7 Å². The van der Waals surface area contributed by atoms with Gasteiger partial charge in [0.25, 0.3) is 5.91 Å². The number of aromatic carboxylic acids is 1. The number of hydrogen-bond acceptors (Lipinski definition) is 4. The van der Waals surface area contributed by atoms with Gasteiger partial charge in [-0.2, -0.15) is 0 Å². The van der Waals surface area contributed by atoms with Crippen LogP contribution in [0.2, 0.25) is 0 Å². The number of likely N-dealkylation sites (tertiary alicyclic amines) is 1. The maximum atomic E-state index is 11.6. The Morgan fingerprint density at radius 2 is 2.11 bits per heavy atom. The molecule has 0 spiro atoms. The van der Waals surface area contributed by atoms with Crippen molar-refractivity contribution in [3.05, 3.63) is 23.7 Å². The van der Waals surface area contributed by atoms with Gasteiger partial charge in [-0.1, -0.05) is 0 Å². The Hall–Kier alpha value is -1.82. The van der Waals surface area contributed by atoms with Crippen LogP contribution in [0.1, 0.15) is 33.8 Å². The molecule has 1 aliphatic heterocycles. The first-order chi connectivity index (χ1) is 8.66. The molecule has 2 rings (SSSR count). The monoisotopic (exact) mass is 252 g/mol. The lowest BCUT2D eigenvalue weighted by molar-refractivity contribution is 0.0696. The molecule has 1 aromatic rings. The van der Waals surface area contributed by atoms with Crippen LogP contribution in [0.3, 0.4) is 0 Å². The first-order valence-electron chi connectivity index (χ1n) is 5.99. The van der Waals surface area contributed by atoms with E-state index in [-0.39, 0.29) is 17.2 Å². The summed E-state index contributed by atoms with van der Waals surface area (Å²) in [7, 11) is 0. The SMILES string of the molecule is O=C(O)c1coc(C(=O)NCCN2CCCC2)c1. The minimum absolute atomic E-state index is 0.0142. The molecular formula is C12H16N2O4. The van der Waals surface area contributed by atoms with Crippen molar-refractivity contribution in [3.63, 3.8) is 0 Å². The number of carbonyl (C=O) groups is 2. The fourth-order valence-electron chi connectivity index (χ4n) is 1.99. The minimum Gasteiger partial charge on any atom is -0.478 e. The van der Waals surface area contributed by atoms with E-state index in [9.17, 15) is 9.59 Å². The lowest BCUT2D eigenvalue weighted by Gasteiger charge is -2.14. The third-order valence-corrected chi connectivity index (χ3v) is 2.98. The maximum absolute atomic E-state index is 11.6. The molecule has 0 aromatic carbocycles. The zero-order valence-corrected chi connectivity index (χ0v) is 10.0. The molecule has 0 atom stereocenters. The van der Waals surface area contributed by atoms with Gasteiger partial charge in [0.05, 0.1) is 5.56 Å². The lowest BCUT2D eigenvalue weighted by atomic mass is 10.3. The van der Waals surface area contributed by atoms with Crippen molar-refractivity contribution in [1.82, 2.24) is 10.2 Å². The van der Waals surface area contributed by atoms with Crippen LogP contribution < -0.4 is 5.32 Å². The van der Waals surface area contributed by atoms with Crippen molar-refractivity contribution >= 4 is 11.9 Å². The summed E-state index contributed by atoms with van der Waals surface area (Å²) in [6, 6.07) is 1.23. The summed E-state index contributed by atoms with van der Waals surface area (Å²) in [6.07, 6.45) is 3.50. The second-order valence-corrected chi connectivity index (χ2v) is 4.31. The van der Waals surface area contributed by atoms with Gasteiger partial charge in [-0.3, -0.25) is 4.79 Å². The molecule has 98 valence electrons. The van der Waals surface area contributed by atoms with Gasteiger partial charge in [-0.05, 0) is 25.9 Å². The quantitative estimate of drug-likeness (QED) is 0.810. The molecule has 18 heavy (non-hydrogen) atoms. The second kappa shape index (κ2) is 5.68. The summed E-state index contributed by atoms with van der Waals surface area (Å²) in [5, 5.41) is 11.4. The highest BCUT2D eigenvalue weighted by Crippen LogP contribution is 2.08. The third-order valence-electron chi connectivity index (χ3n) is 2.98. The maximum Gasteiger partial charge on any atom is 0.338 e. The molecule has 1 saturated heterocycles. The second-order valence-electron chi connectivity index (χ2n) is 4.31. The minimum atomic E-state index is -1.10. The van der Waals surface area contributed by atoms with Gasteiger partial charge in [0.1, 0.15) is 6.26 Å². The molecule has 0 aliphatic carbocycles. The Kier molecular flexibility index (Phi) is 3.99. The van der Waals surface area contributed by atoms with Crippen LogP contribution in [0.25, 0.3) is 0 Å². The normalized spacial score (nSPS) is 15.8. The summed E-state index contributed by atoms with van der Waals surface area (Å²) in [4.78, 5) is 24.5. The largest absolute Gasteiger partial charge is 0.478 e. The number of carboxylic acids is 1. The average molecular weight is 252 g/mol. The van der Waals surface area contributed by atoms with Crippen LogP contribution in [0.5, 0.6) is 0 Å². The van der Waals surface area contributed by atoms with Gasteiger partial charge in [0, 0.05) is 19.2 Å². The predicted molar refractivity (Wildman–Crippen MR) is 63.7 cm³/mol. The van der Waals surface area contributed by atoms with E-state index in [0.29, 0.717) is 6.54 Å². The highest BCUT2D eigenvalue weighted by atomic mass is 16.4. The number of nitrogens with zero attached hydrogens (tertiary/aromatic N) is 1. The Balaban J connectivity index is 1.77. The molecule has 0 radical (unpaired) electrons. The average Bonchev–Trinajstić information content (AvgIpc) is 2.99. The van der Waals surface area contributed by atoms with Crippen LogP contribution in [-0.2, 0) is 0 Å². The Labute approximate surface area is 105 Å². The van der Waals surface area contributed by atoms with E-state index >= 15 is 0 Å². The third kappa shape index (κ3) is 3.10. The molecule has 1 amide bonds. The molecule has 0 bridgehead atoms. The van der Waals surface area contributed by atoms with Crippen molar-refractivity contribution in [2.45, 2.75) is 12.8 Å². The van der Waals surface area contributed by atoms with Crippen LogP contribution in [0, 0.1) is 0 Å². The van der Waals surface area contributed by atoms with Crippen molar-refractivity contribution in [2.75, 3.05) is 26.2 Å². The van der Waals surface area contributed by atoms with Crippen LogP contribution in [0.4, 0.5) is 0 Å². The summed E-state index contributed by atoms with van der Waals surface area (Å²) in [5.41, 5.74) is -0.0142. The van der Waals surface area contributed by atoms with E-state index in [2.05, 4.69) is 10.2 Å². The van der Waals surface area contributed by atoms with Gasteiger partial charge in [-0.25, -0.2) is 4.79 Å². The molecule has 2 heterocycles. The zero-order valence-electron chi connectivity index (χ0n) is 10.0. The van der Waals surface area contributed by atoms with Gasteiger partial charge >= 0.3 is 5.97 Å². The van der Waals surface area contributed by atoms with E-state index in [1.54, 1.807) is 0 Å². The van der Waals surface area contributed by atoms with Crippen molar-refractivity contribution in [2.24, 2.45) is 0 Å². The smallest absolute Gasteiger partial charge is 0.338 e. The fraction of sp³-hybridized carbons (Fsp3) is 0.500. The van der Waals surface area contributed by atoms with Gasteiger partial charge < -0.3 is 19.7 Å². The van der Waals surface area contributed by atoms with E-state index in [1.165, 1.54) is 18.9 Å². The van der Waals surface area contributed by atoms with Crippen molar-refractivity contribution in [3.8, 4) is 0 Å². The molecule has 1 aromatic heterocycles. The fourth-order valence-corrected chi connectivity index (χ4v) is 1.99. The molecule has 0 unspecified atom stereocenters. The zero-order chi connectivity index (χ0) is 13.0. The number of furan rings is 1. The molecular weight excluding hydrogens is 236 g/mol. The Bertz CT molecular complexity index is 435.